The molecule has 0 aliphatic heterocycles. The smallest absolute Gasteiger partial charge is 0.175 e. The van der Waals surface area contributed by atoms with Gasteiger partial charge in [0.2, 0.25) is 0 Å². The molecule has 0 heterocycles. The molecule has 0 aromatic heterocycles. The first kappa shape index (κ1) is 22.6. The highest BCUT2D eigenvalue weighted by Gasteiger charge is 2.20. The number of ether oxygens (including phenoxy) is 1. The van der Waals surface area contributed by atoms with E-state index < -0.39 is 9.84 Å². The normalized spacial score (nSPS) is 14.4. The fraction of sp³-hybridized carbons (Fsp3) is 0.440. The number of sulfone groups is 1. The minimum Gasteiger partial charge on any atom is -0.497 e. The van der Waals surface area contributed by atoms with Crippen LogP contribution in [-0.4, -0.2) is 33.5 Å². The summed E-state index contributed by atoms with van der Waals surface area (Å²) in [7, 11) is -1.56. The number of rotatable bonds is 9. The Morgan fingerprint density at radius 1 is 1.00 bits per heavy atom. The summed E-state index contributed by atoms with van der Waals surface area (Å²) in [6, 6.07) is 13.7. The monoisotopic (exact) mass is 428 g/mol. The highest BCUT2D eigenvalue weighted by Crippen LogP contribution is 2.40. The summed E-state index contributed by atoms with van der Waals surface area (Å²) in [5.74, 6) is 0.874. The van der Waals surface area contributed by atoms with Gasteiger partial charge in [-0.25, -0.2) is 8.42 Å². The SMILES string of the molecule is COc1ccc2c(c1)CCCC(c1cccc(S(C)(=O)=O)c1)=C2CCCCCCO. The summed E-state index contributed by atoms with van der Waals surface area (Å²) in [6.45, 7) is 0.245. The number of aryl methyl sites for hydroxylation is 1. The van der Waals surface area contributed by atoms with Gasteiger partial charge in [0, 0.05) is 12.9 Å². The van der Waals surface area contributed by atoms with Crippen LogP contribution in [0.25, 0.3) is 11.1 Å². The molecule has 1 N–H and O–H groups in total. The molecule has 0 saturated heterocycles. The number of aliphatic hydroxyl groups excluding tert-OH is 1. The van der Waals surface area contributed by atoms with Gasteiger partial charge in [0.15, 0.2) is 9.84 Å². The number of benzene rings is 2. The number of unbranched alkanes of at least 4 members (excludes halogenated alkanes) is 3. The zero-order valence-corrected chi connectivity index (χ0v) is 18.8. The van der Waals surface area contributed by atoms with Crippen molar-refractivity contribution in [2.45, 2.75) is 56.3 Å². The minimum atomic E-state index is -3.25. The fourth-order valence-electron chi connectivity index (χ4n) is 4.25. The lowest BCUT2D eigenvalue weighted by molar-refractivity contribution is 0.282. The average molecular weight is 429 g/mol. The Morgan fingerprint density at radius 2 is 1.80 bits per heavy atom. The van der Waals surface area contributed by atoms with Gasteiger partial charge in [-0.1, -0.05) is 31.0 Å². The molecule has 2 aromatic rings. The second-order valence-corrected chi connectivity index (χ2v) is 10.0. The van der Waals surface area contributed by atoms with Crippen LogP contribution in [0.5, 0.6) is 5.75 Å². The van der Waals surface area contributed by atoms with Gasteiger partial charge >= 0.3 is 0 Å². The Balaban J connectivity index is 2.05. The van der Waals surface area contributed by atoms with E-state index in [2.05, 4.69) is 12.1 Å². The first-order valence-electron chi connectivity index (χ1n) is 10.7. The maximum absolute atomic E-state index is 12.1. The summed E-state index contributed by atoms with van der Waals surface area (Å²) < 4.78 is 29.7. The van der Waals surface area contributed by atoms with Crippen LogP contribution in [0.1, 0.15) is 61.6 Å². The Morgan fingerprint density at radius 3 is 2.53 bits per heavy atom. The van der Waals surface area contributed by atoms with Gasteiger partial charge in [0.25, 0.3) is 0 Å². The zero-order valence-electron chi connectivity index (χ0n) is 18.0. The second kappa shape index (κ2) is 10.3. The first-order valence-corrected chi connectivity index (χ1v) is 12.6. The van der Waals surface area contributed by atoms with E-state index in [0.29, 0.717) is 4.90 Å². The molecule has 1 aliphatic rings. The van der Waals surface area contributed by atoms with Crippen LogP contribution in [0.3, 0.4) is 0 Å². The third-order valence-electron chi connectivity index (χ3n) is 5.82. The van der Waals surface area contributed by atoms with E-state index in [4.69, 9.17) is 9.84 Å². The minimum absolute atomic E-state index is 0.245. The van der Waals surface area contributed by atoms with Gasteiger partial charge in [-0.15, -0.1) is 0 Å². The summed E-state index contributed by atoms with van der Waals surface area (Å²) >= 11 is 0. The highest BCUT2D eigenvalue weighted by molar-refractivity contribution is 7.90. The number of allylic oxidation sites excluding steroid dienone is 2. The molecular weight excluding hydrogens is 396 g/mol. The number of fused-ring (bicyclic) bond motifs is 1. The van der Waals surface area contributed by atoms with Crippen LogP contribution in [0.2, 0.25) is 0 Å². The van der Waals surface area contributed by atoms with Crippen molar-refractivity contribution in [1.82, 2.24) is 0 Å². The van der Waals surface area contributed by atoms with Gasteiger partial charge in [0.05, 0.1) is 12.0 Å². The van der Waals surface area contributed by atoms with Crippen molar-refractivity contribution in [3.8, 4) is 5.75 Å². The van der Waals surface area contributed by atoms with E-state index in [9.17, 15) is 8.42 Å². The predicted molar refractivity (Wildman–Crippen MR) is 122 cm³/mol. The summed E-state index contributed by atoms with van der Waals surface area (Å²) in [5.41, 5.74) is 6.14. The largest absolute Gasteiger partial charge is 0.497 e. The maximum atomic E-state index is 12.1. The van der Waals surface area contributed by atoms with Crippen LogP contribution >= 0.6 is 0 Å². The van der Waals surface area contributed by atoms with Crippen molar-refractivity contribution in [1.29, 1.82) is 0 Å². The van der Waals surface area contributed by atoms with Crippen molar-refractivity contribution in [2.24, 2.45) is 0 Å². The lowest BCUT2D eigenvalue weighted by Crippen LogP contribution is -1.99. The quantitative estimate of drug-likeness (QED) is 0.551. The van der Waals surface area contributed by atoms with E-state index in [-0.39, 0.29) is 6.61 Å². The van der Waals surface area contributed by atoms with E-state index in [1.807, 2.05) is 24.3 Å². The Hall–Kier alpha value is -2.11. The van der Waals surface area contributed by atoms with Crippen molar-refractivity contribution >= 4 is 21.0 Å². The van der Waals surface area contributed by atoms with Crippen LogP contribution in [0.4, 0.5) is 0 Å². The van der Waals surface area contributed by atoms with Crippen molar-refractivity contribution in [3.63, 3.8) is 0 Å². The van der Waals surface area contributed by atoms with Gasteiger partial charge < -0.3 is 9.84 Å². The molecule has 0 amide bonds. The molecule has 0 bridgehead atoms. The van der Waals surface area contributed by atoms with Crippen molar-refractivity contribution in [3.05, 3.63) is 59.2 Å². The average Bonchev–Trinajstić information content (AvgIpc) is 2.92. The maximum Gasteiger partial charge on any atom is 0.175 e. The molecule has 3 rings (SSSR count). The third kappa shape index (κ3) is 5.52. The zero-order chi connectivity index (χ0) is 21.6. The van der Waals surface area contributed by atoms with E-state index in [1.54, 1.807) is 13.2 Å². The molecule has 0 saturated carbocycles. The molecule has 2 aromatic carbocycles. The van der Waals surface area contributed by atoms with Gasteiger partial charge in [-0.2, -0.15) is 0 Å². The summed E-state index contributed by atoms with van der Waals surface area (Å²) in [4.78, 5) is 0.369. The van der Waals surface area contributed by atoms with E-state index in [0.717, 1.165) is 62.7 Å². The Kier molecular flexibility index (Phi) is 7.73. The lowest BCUT2D eigenvalue weighted by Gasteiger charge is -2.17. The lowest BCUT2D eigenvalue weighted by atomic mass is 9.89. The molecule has 0 atom stereocenters. The molecule has 30 heavy (non-hydrogen) atoms. The molecule has 4 nitrogen and oxygen atoms in total. The highest BCUT2D eigenvalue weighted by atomic mass is 32.2. The molecule has 0 spiro atoms. The van der Waals surface area contributed by atoms with E-state index >= 15 is 0 Å². The molecule has 1 aliphatic carbocycles. The summed E-state index contributed by atoms with van der Waals surface area (Å²) in [6.07, 6.45) is 9.13. The van der Waals surface area contributed by atoms with Gasteiger partial charge in [-0.3, -0.25) is 0 Å². The van der Waals surface area contributed by atoms with Gasteiger partial charge in [-0.05, 0) is 90.6 Å². The number of hydrogen-bond donors (Lipinski definition) is 1. The second-order valence-electron chi connectivity index (χ2n) is 8.02. The molecule has 0 radical (unpaired) electrons. The molecule has 0 unspecified atom stereocenters. The Labute approximate surface area is 180 Å². The number of methoxy groups -OCH3 is 1. The van der Waals surface area contributed by atoms with Crippen LogP contribution in [-0.2, 0) is 16.3 Å². The fourth-order valence-corrected chi connectivity index (χ4v) is 4.92. The van der Waals surface area contributed by atoms with Crippen LogP contribution in [0.15, 0.2) is 47.4 Å². The van der Waals surface area contributed by atoms with Gasteiger partial charge in [0.1, 0.15) is 5.75 Å². The van der Waals surface area contributed by atoms with Crippen molar-refractivity contribution < 1.29 is 18.3 Å². The molecule has 5 heteroatoms. The summed E-state index contributed by atoms with van der Waals surface area (Å²) in [5, 5.41) is 9.04. The molecule has 162 valence electrons. The van der Waals surface area contributed by atoms with Crippen molar-refractivity contribution in [2.75, 3.05) is 20.0 Å². The predicted octanol–water partition coefficient (Wildman–Crippen LogP) is 5.29. The topological polar surface area (TPSA) is 63.6 Å². The molecular formula is C25H32O4S. The molecule has 0 fully saturated rings. The van der Waals surface area contributed by atoms with E-state index in [1.165, 1.54) is 28.5 Å². The standard InChI is InChI=1S/C25H32O4S/c1-29-21-14-15-24-19(17-21)10-8-13-23(25(24)12-5-3-4-6-16-26)20-9-7-11-22(18-20)30(2,27)28/h7,9,11,14-15,17-18,26H,3-6,8,10,12-13,16H2,1-2H3. The van der Waals surface area contributed by atoms with Crippen LogP contribution in [0, 0.1) is 0 Å². The van der Waals surface area contributed by atoms with Crippen LogP contribution < -0.4 is 4.74 Å². The number of hydrogen-bond acceptors (Lipinski definition) is 4. The number of aliphatic hydroxyl groups is 1. The Bertz CT molecular complexity index is 1010. The third-order valence-corrected chi connectivity index (χ3v) is 6.93. The first-order chi connectivity index (χ1) is 14.4.